The van der Waals surface area contributed by atoms with Gasteiger partial charge in [-0.25, -0.2) is 0 Å². The van der Waals surface area contributed by atoms with Crippen molar-refractivity contribution in [3.05, 3.63) is 74.2 Å². The zero-order chi connectivity index (χ0) is 20.3. The summed E-state index contributed by atoms with van der Waals surface area (Å²) < 4.78 is 12.9. The molecule has 0 spiro atoms. The van der Waals surface area contributed by atoms with E-state index >= 15 is 0 Å². The Morgan fingerprint density at radius 3 is 2.18 bits per heavy atom. The van der Waals surface area contributed by atoms with Crippen LogP contribution in [0.5, 0.6) is 11.5 Å². The van der Waals surface area contributed by atoms with Gasteiger partial charge in [-0.3, -0.25) is 0 Å². The summed E-state index contributed by atoms with van der Waals surface area (Å²) in [7, 11) is 3.40. The Morgan fingerprint density at radius 1 is 0.786 bits per heavy atom. The Balaban J connectivity index is 0.000000161. The summed E-state index contributed by atoms with van der Waals surface area (Å²) >= 11 is 7.13. The summed E-state index contributed by atoms with van der Waals surface area (Å²) in [6, 6.07) is 16.6. The molecule has 0 N–H and O–H groups in total. The third-order valence-electron chi connectivity index (χ3n) is 5.17. The van der Waals surface area contributed by atoms with E-state index in [1.807, 2.05) is 12.1 Å². The number of rotatable bonds is 2. The molecule has 4 heteroatoms. The van der Waals surface area contributed by atoms with Gasteiger partial charge in [0, 0.05) is 4.47 Å². The molecule has 1 aliphatic rings. The summed E-state index contributed by atoms with van der Waals surface area (Å²) in [5.74, 6) is 1.86. The van der Waals surface area contributed by atoms with Crippen molar-refractivity contribution < 1.29 is 9.47 Å². The Hall–Kier alpha value is -1.78. The molecule has 0 saturated carbocycles. The SMILES string of the molecule is COc1ccc2c(C)c(Br)ccc2c1.COc1ccc2c(c1)CCC(Br)=C2C. The molecule has 0 unspecified atom stereocenters. The molecule has 0 amide bonds. The second kappa shape index (κ2) is 9.15. The van der Waals surface area contributed by atoms with Crippen molar-refractivity contribution in [1.29, 1.82) is 0 Å². The smallest absolute Gasteiger partial charge is 0.119 e. The third-order valence-corrected chi connectivity index (χ3v) is 7.02. The van der Waals surface area contributed by atoms with Crippen LogP contribution in [0.2, 0.25) is 0 Å². The summed E-state index contributed by atoms with van der Waals surface area (Å²) in [6.45, 7) is 4.27. The van der Waals surface area contributed by atoms with Crippen molar-refractivity contribution >= 4 is 48.2 Å². The number of benzene rings is 3. The van der Waals surface area contributed by atoms with Crippen molar-refractivity contribution in [1.82, 2.24) is 0 Å². The van der Waals surface area contributed by atoms with Crippen molar-refractivity contribution in [2.24, 2.45) is 0 Å². The summed E-state index contributed by atoms with van der Waals surface area (Å²) in [4.78, 5) is 0. The fourth-order valence-corrected chi connectivity index (χ4v) is 4.17. The predicted octanol–water partition coefficient (Wildman–Crippen LogP) is 7.69. The van der Waals surface area contributed by atoms with Crippen LogP contribution in [0, 0.1) is 6.92 Å². The maximum atomic E-state index is 5.21. The number of hydrogen-bond acceptors (Lipinski definition) is 2. The van der Waals surface area contributed by atoms with E-state index in [0.29, 0.717) is 0 Å². The van der Waals surface area contributed by atoms with Crippen LogP contribution in [-0.4, -0.2) is 14.2 Å². The lowest BCUT2D eigenvalue weighted by Gasteiger charge is -2.18. The molecule has 3 aromatic rings. The number of fused-ring (bicyclic) bond motifs is 2. The van der Waals surface area contributed by atoms with Crippen LogP contribution in [-0.2, 0) is 6.42 Å². The number of halogens is 2. The van der Waals surface area contributed by atoms with Gasteiger partial charge in [-0.1, -0.05) is 50.1 Å². The first-order valence-electron chi connectivity index (χ1n) is 9.20. The molecule has 3 aromatic carbocycles. The first-order valence-corrected chi connectivity index (χ1v) is 10.8. The molecular formula is C24H24Br2O2. The van der Waals surface area contributed by atoms with E-state index in [4.69, 9.17) is 9.47 Å². The topological polar surface area (TPSA) is 18.5 Å². The predicted molar refractivity (Wildman–Crippen MR) is 126 cm³/mol. The van der Waals surface area contributed by atoms with Crippen LogP contribution >= 0.6 is 31.9 Å². The normalized spacial score (nSPS) is 12.9. The zero-order valence-corrected chi connectivity index (χ0v) is 19.8. The molecule has 0 fully saturated rings. The van der Waals surface area contributed by atoms with Gasteiger partial charge in [0.25, 0.3) is 0 Å². The van der Waals surface area contributed by atoms with Gasteiger partial charge < -0.3 is 9.47 Å². The molecule has 0 saturated heterocycles. The molecule has 1 aliphatic carbocycles. The highest BCUT2D eigenvalue weighted by atomic mass is 79.9. The first kappa shape index (κ1) is 20.9. The van der Waals surface area contributed by atoms with E-state index in [2.05, 4.69) is 82.1 Å². The van der Waals surface area contributed by atoms with E-state index in [0.717, 1.165) is 28.8 Å². The van der Waals surface area contributed by atoms with E-state index in [1.165, 1.54) is 37.5 Å². The lowest BCUT2D eigenvalue weighted by atomic mass is 9.91. The van der Waals surface area contributed by atoms with Crippen molar-refractivity contribution in [3.8, 4) is 11.5 Å². The van der Waals surface area contributed by atoms with Crippen LogP contribution in [0.3, 0.4) is 0 Å². The Kier molecular flexibility index (Phi) is 6.84. The zero-order valence-electron chi connectivity index (χ0n) is 16.6. The lowest BCUT2D eigenvalue weighted by molar-refractivity contribution is 0.414. The number of methoxy groups -OCH3 is 2. The maximum Gasteiger partial charge on any atom is 0.119 e. The first-order chi connectivity index (χ1) is 13.4. The van der Waals surface area contributed by atoms with Gasteiger partial charge in [0.1, 0.15) is 11.5 Å². The molecule has 0 atom stereocenters. The maximum absolute atomic E-state index is 5.21. The number of ether oxygens (including phenoxy) is 2. The van der Waals surface area contributed by atoms with Gasteiger partial charge in [0.2, 0.25) is 0 Å². The minimum absolute atomic E-state index is 0.902. The van der Waals surface area contributed by atoms with E-state index < -0.39 is 0 Å². The van der Waals surface area contributed by atoms with Crippen molar-refractivity contribution in [2.45, 2.75) is 26.7 Å². The molecule has 0 radical (unpaired) electrons. The molecule has 4 rings (SSSR count). The second-order valence-electron chi connectivity index (χ2n) is 6.81. The standard InChI is InChI=1S/C12H13BrO.C12H11BrO/c2*1-8-11-5-4-10(14-2)7-9(11)3-6-12(8)13/h4-5,7H,3,6H2,1-2H3;3-7H,1-2H3. The summed E-state index contributed by atoms with van der Waals surface area (Å²) in [6.07, 6.45) is 2.20. The van der Waals surface area contributed by atoms with Crippen LogP contribution < -0.4 is 9.47 Å². The van der Waals surface area contributed by atoms with Crippen LogP contribution in [0.1, 0.15) is 30.0 Å². The fraction of sp³-hybridized carbons (Fsp3) is 0.250. The molecule has 0 heterocycles. The number of allylic oxidation sites excluding steroid dienone is 2. The fourth-order valence-electron chi connectivity index (χ4n) is 3.41. The quantitative estimate of drug-likeness (QED) is 0.357. The number of aryl methyl sites for hydroxylation is 2. The van der Waals surface area contributed by atoms with Gasteiger partial charge in [-0.2, -0.15) is 0 Å². The highest BCUT2D eigenvalue weighted by Crippen LogP contribution is 2.35. The minimum atomic E-state index is 0.902. The second-order valence-corrected chi connectivity index (χ2v) is 8.62. The van der Waals surface area contributed by atoms with Gasteiger partial charge in [0.05, 0.1) is 14.2 Å². The van der Waals surface area contributed by atoms with Gasteiger partial charge in [-0.15, -0.1) is 0 Å². The summed E-state index contributed by atoms with van der Waals surface area (Å²) in [5.41, 5.74) is 5.37. The Morgan fingerprint density at radius 2 is 1.46 bits per heavy atom. The largest absolute Gasteiger partial charge is 0.497 e. The van der Waals surface area contributed by atoms with Crippen LogP contribution in [0.25, 0.3) is 16.3 Å². The lowest BCUT2D eigenvalue weighted by Crippen LogP contribution is -2.00. The highest BCUT2D eigenvalue weighted by molar-refractivity contribution is 9.11. The highest BCUT2D eigenvalue weighted by Gasteiger charge is 2.14. The van der Waals surface area contributed by atoms with Crippen LogP contribution in [0.15, 0.2) is 57.5 Å². The monoisotopic (exact) mass is 502 g/mol. The van der Waals surface area contributed by atoms with Gasteiger partial charge in [0.15, 0.2) is 0 Å². The minimum Gasteiger partial charge on any atom is -0.497 e. The average Bonchev–Trinajstić information content (AvgIpc) is 2.73. The van der Waals surface area contributed by atoms with Gasteiger partial charge in [-0.05, 0) is 94.5 Å². The molecule has 2 nitrogen and oxygen atoms in total. The summed E-state index contributed by atoms with van der Waals surface area (Å²) in [5, 5.41) is 2.48. The van der Waals surface area contributed by atoms with E-state index in [9.17, 15) is 0 Å². The Labute approximate surface area is 183 Å². The average molecular weight is 504 g/mol. The molecular weight excluding hydrogens is 480 g/mol. The Bertz CT molecular complexity index is 1040. The number of hydrogen-bond donors (Lipinski definition) is 0. The van der Waals surface area contributed by atoms with E-state index in [-0.39, 0.29) is 0 Å². The van der Waals surface area contributed by atoms with Gasteiger partial charge >= 0.3 is 0 Å². The van der Waals surface area contributed by atoms with E-state index in [1.54, 1.807) is 14.2 Å². The molecule has 0 aliphatic heterocycles. The van der Waals surface area contributed by atoms with Crippen molar-refractivity contribution in [2.75, 3.05) is 14.2 Å². The molecule has 146 valence electrons. The molecule has 28 heavy (non-hydrogen) atoms. The van der Waals surface area contributed by atoms with Crippen LogP contribution in [0.4, 0.5) is 0 Å². The third kappa shape index (κ3) is 4.44. The molecule has 0 aromatic heterocycles. The van der Waals surface area contributed by atoms with Crippen molar-refractivity contribution in [3.63, 3.8) is 0 Å². The molecule has 0 bridgehead atoms.